The van der Waals surface area contributed by atoms with Gasteiger partial charge < -0.3 is 14.6 Å². The Morgan fingerprint density at radius 3 is 1.80 bits per heavy atom. The maximum atomic E-state index is 10.4. The molecule has 0 saturated carbocycles. The number of carboxylic acid groups (broad SMARTS) is 1. The van der Waals surface area contributed by atoms with Gasteiger partial charge in [0.05, 0.1) is 13.2 Å². The van der Waals surface area contributed by atoms with E-state index in [-0.39, 0.29) is 11.9 Å². The second-order valence-corrected chi connectivity index (χ2v) is 5.38. The smallest absolute Gasteiger partial charge is 0.333 e. The lowest BCUT2D eigenvalue weighted by molar-refractivity contribution is -0.139. The zero-order chi connectivity index (χ0) is 23.8. The number of carbonyl (C=O) groups is 3. The molecule has 30 heavy (non-hydrogen) atoms. The minimum absolute atomic E-state index is 0.312. The summed E-state index contributed by atoms with van der Waals surface area (Å²) in [6, 6.07) is 10.0. The molecule has 6 nitrogen and oxygen atoms in total. The maximum absolute atomic E-state index is 10.4. The number of hydrogen-bond acceptors (Lipinski definition) is 5. The number of carboxylic acids is 1. The van der Waals surface area contributed by atoms with Crippen LogP contribution in [0.1, 0.15) is 39.2 Å². The summed E-state index contributed by atoms with van der Waals surface area (Å²) >= 11 is 0. The Morgan fingerprint density at radius 1 is 1.00 bits per heavy atom. The fourth-order valence-electron chi connectivity index (χ4n) is 1.22. The average Bonchev–Trinajstić information content (AvgIpc) is 2.75. The lowest BCUT2D eigenvalue weighted by Crippen LogP contribution is -2.03. The summed E-state index contributed by atoms with van der Waals surface area (Å²) in [6.07, 6.45) is 5.82. The van der Waals surface area contributed by atoms with Crippen LogP contribution in [0.3, 0.4) is 0 Å². The minimum Gasteiger partial charge on any atom is -0.478 e. The molecule has 0 bridgehead atoms. The molecular formula is C24H34O6. The SMILES string of the molecule is C=C(C)C(=O)OCC.C=CC(=O)O.C=CC(=O)OCCCC.C=Cc1ccccc1. The number of carbonyl (C=O) groups excluding carboxylic acids is 2. The number of ether oxygens (including phenoxy) is 2. The van der Waals surface area contributed by atoms with E-state index in [0.29, 0.717) is 18.8 Å². The van der Waals surface area contributed by atoms with Crippen LogP contribution in [0.2, 0.25) is 0 Å². The van der Waals surface area contributed by atoms with Gasteiger partial charge in [0.25, 0.3) is 0 Å². The highest BCUT2D eigenvalue weighted by molar-refractivity contribution is 5.86. The van der Waals surface area contributed by atoms with Gasteiger partial charge in [-0.05, 0) is 25.8 Å². The van der Waals surface area contributed by atoms with Crippen LogP contribution in [-0.2, 0) is 23.9 Å². The molecule has 0 aliphatic rings. The lowest BCUT2D eigenvalue weighted by Gasteiger charge is -1.97. The first-order chi connectivity index (χ1) is 14.2. The monoisotopic (exact) mass is 418 g/mol. The molecule has 0 aliphatic heterocycles. The van der Waals surface area contributed by atoms with E-state index < -0.39 is 5.97 Å². The molecule has 0 amide bonds. The number of benzene rings is 1. The summed E-state index contributed by atoms with van der Waals surface area (Å²) in [5, 5.41) is 7.60. The molecule has 0 saturated heterocycles. The van der Waals surface area contributed by atoms with E-state index in [1.54, 1.807) is 13.8 Å². The van der Waals surface area contributed by atoms with Crippen LogP contribution in [0, 0.1) is 0 Å². The van der Waals surface area contributed by atoms with Crippen molar-refractivity contribution in [3.8, 4) is 0 Å². The largest absolute Gasteiger partial charge is 0.478 e. The molecule has 166 valence electrons. The fourth-order valence-corrected chi connectivity index (χ4v) is 1.22. The fraction of sp³-hybridized carbons (Fsp3) is 0.292. The van der Waals surface area contributed by atoms with Crippen molar-refractivity contribution < 1.29 is 29.0 Å². The Morgan fingerprint density at radius 2 is 1.53 bits per heavy atom. The normalized spacial score (nSPS) is 8.10. The van der Waals surface area contributed by atoms with E-state index in [1.165, 1.54) is 11.6 Å². The highest BCUT2D eigenvalue weighted by Gasteiger charge is 1.98. The molecule has 6 heteroatoms. The van der Waals surface area contributed by atoms with Crippen molar-refractivity contribution >= 4 is 24.0 Å². The minimum atomic E-state index is -0.981. The Labute approximate surface area is 180 Å². The third-order valence-corrected chi connectivity index (χ3v) is 2.74. The second kappa shape index (κ2) is 23.6. The highest BCUT2D eigenvalue weighted by Crippen LogP contribution is 1.97. The lowest BCUT2D eigenvalue weighted by atomic mass is 10.2. The molecule has 0 unspecified atom stereocenters. The molecule has 0 aromatic heterocycles. The summed E-state index contributed by atoms with van der Waals surface area (Å²) in [4.78, 5) is 30.0. The van der Waals surface area contributed by atoms with Gasteiger partial charge in [-0.15, -0.1) is 0 Å². The van der Waals surface area contributed by atoms with Crippen LogP contribution in [0.25, 0.3) is 6.08 Å². The van der Waals surface area contributed by atoms with Crippen molar-refractivity contribution in [2.75, 3.05) is 13.2 Å². The van der Waals surface area contributed by atoms with E-state index in [0.717, 1.165) is 18.9 Å². The Kier molecular flexibility index (Phi) is 24.6. The molecule has 0 fully saturated rings. The number of unbranched alkanes of at least 4 members (excludes halogenated alkanes) is 1. The Bertz CT molecular complexity index is 647. The Balaban J connectivity index is -0.000000330. The van der Waals surface area contributed by atoms with Crippen LogP contribution in [0.5, 0.6) is 0 Å². The highest BCUT2D eigenvalue weighted by atomic mass is 16.5. The zero-order valence-corrected chi connectivity index (χ0v) is 18.3. The second-order valence-electron chi connectivity index (χ2n) is 5.38. The van der Waals surface area contributed by atoms with Crippen LogP contribution < -0.4 is 0 Å². The molecule has 1 aromatic rings. The first kappa shape index (κ1) is 31.3. The number of esters is 2. The van der Waals surface area contributed by atoms with E-state index >= 15 is 0 Å². The first-order valence-electron chi connectivity index (χ1n) is 9.34. The predicted molar refractivity (Wildman–Crippen MR) is 122 cm³/mol. The molecule has 0 aliphatic carbocycles. The number of hydrogen-bond donors (Lipinski definition) is 1. The average molecular weight is 419 g/mol. The van der Waals surface area contributed by atoms with Gasteiger partial charge in [0.1, 0.15) is 0 Å². The third kappa shape index (κ3) is 26.8. The van der Waals surface area contributed by atoms with E-state index in [4.69, 9.17) is 5.11 Å². The van der Waals surface area contributed by atoms with Crippen molar-refractivity contribution in [3.63, 3.8) is 0 Å². The van der Waals surface area contributed by atoms with E-state index in [9.17, 15) is 14.4 Å². The summed E-state index contributed by atoms with van der Waals surface area (Å²) in [7, 11) is 0. The zero-order valence-electron chi connectivity index (χ0n) is 18.3. The van der Waals surface area contributed by atoms with Gasteiger partial charge >= 0.3 is 17.9 Å². The molecule has 0 radical (unpaired) electrons. The van der Waals surface area contributed by atoms with Crippen LogP contribution in [-0.4, -0.2) is 36.2 Å². The van der Waals surface area contributed by atoms with Gasteiger partial charge in [0.15, 0.2) is 0 Å². The van der Waals surface area contributed by atoms with Gasteiger partial charge in [0, 0.05) is 17.7 Å². The number of rotatable bonds is 8. The quantitative estimate of drug-likeness (QED) is 0.353. The maximum Gasteiger partial charge on any atom is 0.333 e. The van der Waals surface area contributed by atoms with Crippen molar-refractivity contribution in [2.45, 2.75) is 33.6 Å². The van der Waals surface area contributed by atoms with Crippen LogP contribution in [0.15, 0.2) is 74.4 Å². The van der Waals surface area contributed by atoms with Crippen molar-refractivity contribution in [3.05, 3.63) is 79.9 Å². The molecule has 1 N–H and O–H groups in total. The topological polar surface area (TPSA) is 89.9 Å². The van der Waals surface area contributed by atoms with Gasteiger partial charge in [0.2, 0.25) is 0 Å². The Hall–Kier alpha value is -3.41. The summed E-state index contributed by atoms with van der Waals surface area (Å²) in [5.74, 6) is -1.62. The van der Waals surface area contributed by atoms with Gasteiger partial charge in [-0.1, -0.05) is 76.1 Å². The number of aliphatic carboxylic acids is 1. The van der Waals surface area contributed by atoms with Gasteiger partial charge in [-0.25, -0.2) is 14.4 Å². The van der Waals surface area contributed by atoms with Crippen molar-refractivity contribution in [2.24, 2.45) is 0 Å². The molecule has 0 atom stereocenters. The van der Waals surface area contributed by atoms with Crippen LogP contribution in [0.4, 0.5) is 0 Å². The standard InChI is InChI=1S/C8H8.C7H12O2.C6H10O2.C3H4O2/c1-2-8-6-4-3-5-7-8;1-3-5-6-9-7(8)4-2;1-4-8-6(7)5(2)3;1-2-3(4)5/h2-7H,1H2;4H,2-3,5-6H2,1H3;2,4H2,1,3H3;2H,1H2,(H,4,5). The van der Waals surface area contributed by atoms with Crippen molar-refractivity contribution in [1.82, 2.24) is 0 Å². The molecule has 0 heterocycles. The molecular weight excluding hydrogens is 384 g/mol. The van der Waals surface area contributed by atoms with E-state index in [2.05, 4.69) is 35.8 Å². The van der Waals surface area contributed by atoms with Crippen molar-refractivity contribution in [1.29, 1.82) is 0 Å². The van der Waals surface area contributed by atoms with Gasteiger partial charge in [-0.3, -0.25) is 0 Å². The molecule has 1 aromatic carbocycles. The van der Waals surface area contributed by atoms with Gasteiger partial charge in [-0.2, -0.15) is 0 Å². The molecule has 1 rings (SSSR count). The van der Waals surface area contributed by atoms with Crippen LogP contribution >= 0.6 is 0 Å². The molecule has 0 spiro atoms. The first-order valence-corrected chi connectivity index (χ1v) is 9.34. The third-order valence-electron chi connectivity index (χ3n) is 2.74. The summed E-state index contributed by atoms with van der Waals surface area (Å²) in [5.41, 5.74) is 1.62. The summed E-state index contributed by atoms with van der Waals surface area (Å²) in [6.45, 7) is 19.6. The predicted octanol–water partition coefficient (Wildman–Crippen LogP) is 5.23. The summed E-state index contributed by atoms with van der Waals surface area (Å²) < 4.78 is 9.24. The van der Waals surface area contributed by atoms with E-state index in [1.807, 2.05) is 43.3 Å².